The van der Waals surface area contributed by atoms with E-state index in [4.69, 9.17) is 9.47 Å². The smallest absolute Gasteiger partial charge is 0.254 e. The monoisotopic (exact) mass is 505 g/mol. The summed E-state index contributed by atoms with van der Waals surface area (Å²) >= 11 is 0. The van der Waals surface area contributed by atoms with Gasteiger partial charge in [-0.3, -0.25) is 9.59 Å². The minimum absolute atomic E-state index is 0.0472. The van der Waals surface area contributed by atoms with E-state index in [-0.39, 0.29) is 18.4 Å². The summed E-state index contributed by atoms with van der Waals surface area (Å²) in [6, 6.07) is 5.19. The van der Waals surface area contributed by atoms with Crippen molar-refractivity contribution in [2.75, 3.05) is 46.6 Å². The van der Waals surface area contributed by atoms with Crippen LogP contribution < -0.4 is 5.32 Å². The highest BCUT2D eigenvalue weighted by atomic mass is 32.2. The Bertz CT molecular complexity index is 1140. The van der Waals surface area contributed by atoms with Crippen molar-refractivity contribution in [3.63, 3.8) is 0 Å². The number of carbonyl (C=O) groups excluding carboxylic acids is 2. The van der Waals surface area contributed by atoms with E-state index >= 15 is 0 Å². The minimum atomic E-state index is -2.82. The van der Waals surface area contributed by atoms with Gasteiger partial charge >= 0.3 is 0 Å². The van der Waals surface area contributed by atoms with Gasteiger partial charge in [-0.1, -0.05) is 0 Å². The summed E-state index contributed by atoms with van der Waals surface area (Å²) in [6.07, 6.45) is 4.56. The summed E-state index contributed by atoms with van der Waals surface area (Å²) in [5.74, 6) is 0.566. The average molecular weight is 506 g/mol. The number of rotatable bonds is 9. The van der Waals surface area contributed by atoms with E-state index in [1.807, 2.05) is 13.0 Å². The number of likely N-dealkylation sites (N-methyl/N-ethyl adjacent to an activating group) is 1. The normalized spacial score (nSPS) is 18.5. The standard InChI is InChI=1S/C25H35N3O6S/c1-3-27(16-24(29)26-10-13-33-2)25(30)19-5-7-23-21(15-19)20-14-18(17-8-11-34-12-9-17)4-6-22(20)28(23)35(31)32/h5,7,15,17-18,35H,3-4,6,8-14,16H2,1-2H3,(H,26,29). The quantitative estimate of drug-likeness (QED) is 0.397. The first kappa shape index (κ1) is 25.7. The zero-order valence-corrected chi connectivity index (χ0v) is 21.4. The van der Waals surface area contributed by atoms with Gasteiger partial charge in [-0.2, -0.15) is 0 Å². The maximum Gasteiger partial charge on any atom is 0.254 e. The number of hydrogen-bond acceptors (Lipinski definition) is 6. The first-order valence-electron chi connectivity index (χ1n) is 12.4. The molecule has 0 radical (unpaired) electrons. The van der Waals surface area contributed by atoms with Gasteiger partial charge in [0.15, 0.2) is 0 Å². The fourth-order valence-electron chi connectivity index (χ4n) is 5.50. The van der Waals surface area contributed by atoms with Crippen LogP contribution in [0.4, 0.5) is 0 Å². The molecule has 1 fully saturated rings. The maximum atomic E-state index is 13.3. The Hall–Kier alpha value is -2.43. The number of nitrogens with zero attached hydrogens (tertiary/aromatic N) is 2. The third-order valence-electron chi connectivity index (χ3n) is 7.35. The molecule has 0 spiro atoms. The Balaban J connectivity index is 1.62. The molecule has 9 nitrogen and oxygen atoms in total. The van der Waals surface area contributed by atoms with Gasteiger partial charge in [0.1, 0.15) is 0 Å². The van der Waals surface area contributed by atoms with Crippen LogP contribution >= 0.6 is 0 Å². The molecule has 1 aliphatic carbocycles. The van der Waals surface area contributed by atoms with Crippen LogP contribution in [0.1, 0.15) is 47.8 Å². The number of aromatic nitrogens is 1. The van der Waals surface area contributed by atoms with E-state index < -0.39 is 10.9 Å². The van der Waals surface area contributed by atoms with Gasteiger partial charge in [0.25, 0.3) is 5.91 Å². The van der Waals surface area contributed by atoms with E-state index in [2.05, 4.69) is 5.32 Å². The number of nitrogens with one attached hydrogen (secondary N) is 1. The molecule has 1 unspecified atom stereocenters. The predicted molar refractivity (Wildman–Crippen MR) is 133 cm³/mol. The Morgan fingerprint density at radius 2 is 1.97 bits per heavy atom. The van der Waals surface area contributed by atoms with E-state index in [0.717, 1.165) is 55.5 Å². The number of thiol groups is 1. The van der Waals surface area contributed by atoms with Crippen molar-refractivity contribution in [3.05, 3.63) is 35.0 Å². The molecule has 1 saturated heterocycles. The van der Waals surface area contributed by atoms with Crippen molar-refractivity contribution in [1.29, 1.82) is 0 Å². The molecule has 1 aromatic heterocycles. The Morgan fingerprint density at radius 1 is 1.20 bits per heavy atom. The minimum Gasteiger partial charge on any atom is -0.383 e. The molecule has 1 N–H and O–H groups in total. The second kappa shape index (κ2) is 11.5. The molecule has 1 atom stereocenters. The predicted octanol–water partition coefficient (Wildman–Crippen LogP) is 1.77. The molecular weight excluding hydrogens is 470 g/mol. The Labute approximate surface area is 207 Å². The summed E-state index contributed by atoms with van der Waals surface area (Å²) in [7, 11) is -1.26. The summed E-state index contributed by atoms with van der Waals surface area (Å²) in [6.45, 7) is 4.52. The molecule has 2 aromatic rings. The average Bonchev–Trinajstić information content (AvgIpc) is 3.20. The van der Waals surface area contributed by atoms with Crippen molar-refractivity contribution >= 4 is 33.6 Å². The number of benzene rings is 1. The highest BCUT2D eigenvalue weighted by molar-refractivity contribution is 7.71. The van der Waals surface area contributed by atoms with Gasteiger partial charge in [-0.05, 0) is 74.6 Å². The van der Waals surface area contributed by atoms with E-state index in [1.165, 1.54) is 8.87 Å². The molecule has 4 rings (SSSR count). The van der Waals surface area contributed by atoms with Crippen LogP contribution in [0.3, 0.4) is 0 Å². The van der Waals surface area contributed by atoms with Crippen molar-refractivity contribution in [2.24, 2.45) is 11.8 Å². The Morgan fingerprint density at radius 3 is 2.66 bits per heavy atom. The molecule has 1 aliphatic heterocycles. The fraction of sp³-hybridized carbons (Fsp3) is 0.600. The number of fused-ring (bicyclic) bond motifs is 3. The number of carbonyl (C=O) groups is 2. The van der Waals surface area contributed by atoms with Gasteiger partial charge in [0, 0.05) is 50.1 Å². The second-order valence-corrected chi connectivity index (χ2v) is 10.2. The maximum absolute atomic E-state index is 13.3. The zero-order chi connectivity index (χ0) is 24.9. The topological polar surface area (TPSA) is 107 Å². The zero-order valence-electron chi connectivity index (χ0n) is 20.5. The molecule has 1 aromatic carbocycles. The molecule has 2 heterocycles. The SMILES string of the molecule is CCN(CC(=O)NCCOC)C(=O)c1ccc2c(c1)c1c(n2[SH](=O)=O)CCC(C2CCOCC2)C1. The third kappa shape index (κ3) is 5.54. The summed E-state index contributed by atoms with van der Waals surface area (Å²) in [5.41, 5.74) is 2.96. The molecule has 2 amide bonds. The van der Waals surface area contributed by atoms with Crippen molar-refractivity contribution < 1.29 is 27.5 Å². The van der Waals surface area contributed by atoms with Crippen LogP contribution in [0.15, 0.2) is 18.2 Å². The molecule has 2 aliphatic rings. The van der Waals surface area contributed by atoms with Gasteiger partial charge < -0.3 is 19.7 Å². The fourth-order valence-corrected chi connectivity index (χ4v) is 6.27. The summed E-state index contributed by atoms with van der Waals surface area (Å²) in [4.78, 5) is 27.0. The van der Waals surface area contributed by atoms with Gasteiger partial charge in [-0.15, -0.1) is 0 Å². The molecule has 10 heteroatoms. The van der Waals surface area contributed by atoms with Crippen LogP contribution in [0, 0.1) is 11.8 Å². The van der Waals surface area contributed by atoms with Crippen LogP contribution in [0.25, 0.3) is 10.9 Å². The van der Waals surface area contributed by atoms with Gasteiger partial charge in [-0.25, -0.2) is 12.4 Å². The molecule has 0 saturated carbocycles. The number of ether oxygens (including phenoxy) is 2. The van der Waals surface area contributed by atoms with Crippen LogP contribution in [0.5, 0.6) is 0 Å². The van der Waals surface area contributed by atoms with Crippen LogP contribution in [0.2, 0.25) is 0 Å². The highest BCUT2D eigenvalue weighted by Gasteiger charge is 2.32. The third-order valence-corrected chi connectivity index (χ3v) is 8.13. The summed E-state index contributed by atoms with van der Waals surface area (Å²) < 4.78 is 36.3. The molecular formula is C25H35N3O6S. The van der Waals surface area contributed by atoms with Gasteiger partial charge in [0.2, 0.25) is 16.8 Å². The lowest BCUT2D eigenvalue weighted by Crippen LogP contribution is -2.41. The number of hydrogen-bond donors (Lipinski definition) is 2. The van der Waals surface area contributed by atoms with Crippen molar-refractivity contribution in [1.82, 2.24) is 14.2 Å². The number of amides is 2. The second-order valence-electron chi connectivity index (χ2n) is 9.32. The molecule has 192 valence electrons. The lowest BCUT2D eigenvalue weighted by Gasteiger charge is -2.33. The van der Waals surface area contributed by atoms with E-state index in [9.17, 15) is 18.0 Å². The van der Waals surface area contributed by atoms with Crippen LogP contribution in [-0.2, 0) is 38.0 Å². The largest absolute Gasteiger partial charge is 0.383 e. The lowest BCUT2D eigenvalue weighted by atomic mass is 9.75. The highest BCUT2D eigenvalue weighted by Crippen LogP contribution is 2.39. The lowest BCUT2D eigenvalue weighted by molar-refractivity contribution is -0.121. The van der Waals surface area contributed by atoms with Gasteiger partial charge in [0.05, 0.1) is 18.7 Å². The first-order chi connectivity index (χ1) is 16.9. The van der Waals surface area contributed by atoms with E-state index in [1.54, 1.807) is 19.2 Å². The van der Waals surface area contributed by atoms with Crippen molar-refractivity contribution in [2.45, 2.75) is 39.0 Å². The first-order valence-corrected chi connectivity index (χ1v) is 13.5. The molecule has 0 bridgehead atoms. The summed E-state index contributed by atoms with van der Waals surface area (Å²) in [5, 5.41) is 3.56. The van der Waals surface area contributed by atoms with Crippen LogP contribution in [-0.4, -0.2) is 75.7 Å². The van der Waals surface area contributed by atoms with Crippen molar-refractivity contribution in [3.8, 4) is 0 Å². The molecule has 35 heavy (non-hydrogen) atoms. The Kier molecular flexibility index (Phi) is 8.46. The van der Waals surface area contributed by atoms with E-state index in [0.29, 0.717) is 49.0 Å². The number of methoxy groups -OCH3 is 1.